The Bertz CT molecular complexity index is 624. The molecule has 0 aliphatic carbocycles. The lowest BCUT2D eigenvalue weighted by atomic mass is 9.85. The van der Waals surface area contributed by atoms with E-state index in [2.05, 4.69) is 15.5 Å². The molecule has 21 heavy (non-hydrogen) atoms. The smallest absolute Gasteiger partial charge is 0.305 e. The summed E-state index contributed by atoms with van der Waals surface area (Å²) in [6.45, 7) is 7.89. The maximum Gasteiger partial charge on any atom is 0.305 e. The molecule has 7 nitrogen and oxygen atoms in total. The van der Waals surface area contributed by atoms with Crippen molar-refractivity contribution in [2.75, 3.05) is 0 Å². The number of aryl methyl sites for hydroxylation is 1. The molecule has 0 aliphatic heterocycles. The van der Waals surface area contributed by atoms with Gasteiger partial charge in [0.05, 0.1) is 12.5 Å². The van der Waals surface area contributed by atoms with Crippen molar-refractivity contribution >= 4 is 5.97 Å². The molecule has 1 unspecified atom stereocenters. The predicted molar refractivity (Wildman–Crippen MR) is 75.6 cm³/mol. The molecule has 1 atom stereocenters. The fourth-order valence-electron chi connectivity index (χ4n) is 2.18. The van der Waals surface area contributed by atoms with Gasteiger partial charge in [-0.25, -0.2) is 4.68 Å². The van der Waals surface area contributed by atoms with E-state index in [4.69, 9.17) is 9.52 Å². The van der Waals surface area contributed by atoms with Gasteiger partial charge in [-0.05, 0) is 28.0 Å². The SMILES string of the molecule is CCc1ccc(-c2nnnn2C(CC(=O)O)C(C)(C)C)o1. The number of aliphatic carboxylic acids is 1. The number of carbonyl (C=O) groups is 1. The van der Waals surface area contributed by atoms with Crippen molar-refractivity contribution in [2.24, 2.45) is 5.41 Å². The highest BCUT2D eigenvalue weighted by molar-refractivity contribution is 5.67. The van der Waals surface area contributed by atoms with Crippen molar-refractivity contribution in [3.63, 3.8) is 0 Å². The number of carboxylic acids is 1. The van der Waals surface area contributed by atoms with Crippen molar-refractivity contribution in [3.8, 4) is 11.6 Å². The largest absolute Gasteiger partial charge is 0.481 e. The van der Waals surface area contributed by atoms with Gasteiger partial charge >= 0.3 is 5.97 Å². The van der Waals surface area contributed by atoms with Crippen LogP contribution in [-0.4, -0.2) is 31.3 Å². The summed E-state index contributed by atoms with van der Waals surface area (Å²) in [5, 5.41) is 20.8. The second kappa shape index (κ2) is 5.67. The lowest BCUT2D eigenvalue weighted by Crippen LogP contribution is -2.28. The van der Waals surface area contributed by atoms with Gasteiger partial charge in [0.1, 0.15) is 5.76 Å². The molecule has 2 heterocycles. The maximum atomic E-state index is 11.1. The zero-order valence-electron chi connectivity index (χ0n) is 12.7. The van der Waals surface area contributed by atoms with E-state index in [-0.39, 0.29) is 17.9 Å². The average Bonchev–Trinajstić information content (AvgIpc) is 3.02. The highest BCUT2D eigenvalue weighted by Gasteiger charge is 2.32. The summed E-state index contributed by atoms with van der Waals surface area (Å²) in [7, 11) is 0. The van der Waals surface area contributed by atoms with Gasteiger partial charge in [-0.2, -0.15) is 0 Å². The maximum absolute atomic E-state index is 11.1. The molecule has 0 amide bonds. The number of carboxylic acid groups (broad SMARTS) is 1. The lowest BCUT2D eigenvalue weighted by Gasteiger charge is -2.29. The van der Waals surface area contributed by atoms with Gasteiger partial charge < -0.3 is 9.52 Å². The van der Waals surface area contributed by atoms with Crippen LogP contribution in [0.4, 0.5) is 0 Å². The molecule has 0 radical (unpaired) electrons. The van der Waals surface area contributed by atoms with Crippen molar-refractivity contribution < 1.29 is 14.3 Å². The summed E-state index contributed by atoms with van der Waals surface area (Å²) in [5.41, 5.74) is -0.303. The van der Waals surface area contributed by atoms with Crippen LogP contribution in [0.2, 0.25) is 0 Å². The number of tetrazole rings is 1. The summed E-state index contributed by atoms with van der Waals surface area (Å²) in [6.07, 6.45) is 0.724. The molecule has 7 heteroatoms. The Kier molecular flexibility index (Phi) is 4.11. The summed E-state index contributed by atoms with van der Waals surface area (Å²) in [4.78, 5) is 11.1. The van der Waals surface area contributed by atoms with Crippen molar-refractivity contribution in [1.29, 1.82) is 0 Å². The van der Waals surface area contributed by atoms with Crippen LogP contribution < -0.4 is 0 Å². The van der Waals surface area contributed by atoms with Gasteiger partial charge in [0.15, 0.2) is 5.76 Å². The fourth-order valence-corrected chi connectivity index (χ4v) is 2.18. The molecule has 0 spiro atoms. The first-order valence-corrected chi connectivity index (χ1v) is 6.91. The van der Waals surface area contributed by atoms with Crippen LogP contribution in [0.15, 0.2) is 16.5 Å². The third-order valence-corrected chi connectivity index (χ3v) is 3.39. The molecule has 0 aliphatic rings. The molecule has 0 aromatic carbocycles. The summed E-state index contributed by atoms with van der Waals surface area (Å²) >= 11 is 0. The number of rotatable bonds is 5. The molecule has 2 rings (SSSR count). The quantitative estimate of drug-likeness (QED) is 0.910. The molecular formula is C14H20N4O3. The zero-order chi connectivity index (χ0) is 15.6. The van der Waals surface area contributed by atoms with Crippen LogP contribution in [0.3, 0.4) is 0 Å². The van der Waals surface area contributed by atoms with E-state index in [0.29, 0.717) is 11.6 Å². The molecule has 0 bridgehead atoms. The monoisotopic (exact) mass is 292 g/mol. The standard InChI is InChI=1S/C14H20N4O3/c1-5-9-6-7-10(21-9)13-15-16-17-18(13)11(8-12(19)20)14(2,3)4/h6-7,11H,5,8H2,1-4H3,(H,19,20). The highest BCUT2D eigenvalue weighted by Crippen LogP contribution is 2.35. The van der Waals surface area contributed by atoms with E-state index < -0.39 is 5.97 Å². The normalized spacial score (nSPS) is 13.3. The number of nitrogens with zero attached hydrogens (tertiary/aromatic N) is 4. The van der Waals surface area contributed by atoms with Crippen molar-refractivity contribution in [2.45, 2.75) is 46.6 Å². The minimum atomic E-state index is -0.884. The van der Waals surface area contributed by atoms with E-state index in [1.165, 1.54) is 0 Å². The Balaban J connectivity index is 2.43. The van der Waals surface area contributed by atoms with Crippen LogP contribution >= 0.6 is 0 Å². The number of hydrogen-bond donors (Lipinski definition) is 1. The van der Waals surface area contributed by atoms with Crippen LogP contribution in [0.1, 0.15) is 45.9 Å². The second-order valence-electron chi connectivity index (χ2n) is 6.05. The Hall–Kier alpha value is -2.18. The van der Waals surface area contributed by atoms with Crippen molar-refractivity contribution in [3.05, 3.63) is 17.9 Å². The summed E-state index contributed by atoms with van der Waals surface area (Å²) in [6, 6.07) is 3.31. The predicted octanol–water partition coefficient (Wildman–Crippen LogP) is 2.56. The van der Waals surface area contributed by atoms with E-state index in [9.17, 15) is 4.79 Å². The van der Waals surface area contributed by atoms with Gasteiger partial charge in [0.2, 0.25) is 5.82 Å². The molecule has 1 N–H and O–H groups in total. The number of aromatic nitrogens is 4. The fraction of sp³-hybridized carbons (Fsp3) is 0.571. The Morgan fingerprint density at radius 1 is 1.43 bits per heavy atom. The van der Waals surface area contributed by atoms with Crippen LogP contribution in [0.25, 0.3) is 11.6 Å². The van der Waals surface area contributed by atoms with Gasteiger partial charge in [-0.3, -0.25) is 4.79 Å². The first kappa shape index (κ1) is 15.2. The highest BCUT2D eigenvalue weighted by atomic mass is 16.4. The van der Waals surface area contributed by atoms with E-state index >= 15 is 0 Å². The summed E-state index contributed by atoms with van der Waals surface area (Å²) in [5.74, 6) is 0.961. The molecule has 114 valence electrons. The summed E-state index contributed by atoms with van der Waals surface area (Å²) < 4.78 is 7.22. The Morgan fingerprint density at radius 2 is 2.14 bits per heavy atom. The Labute approximate surface area is 123 Å². The first-order chi connectivity index (χ1) is 9.82. The van der Waals surface area contributed by atoms with Gasteiger partial charge in [-0.1, -0.05) is 27.7 Å². The van der Waals surface area contributed by atoms with Crippen molar-refractivity contribution in [1.82, 2.24) is 20.2 Å². The zero-order valence-corrected chi connectivity index (χ0v) is 12.7. The third-order valence-electron chi connectivity index (χ3n) is 3.39. The first-order valence-electron chi connectivity index (χ1n) is 6.91. The van der Waals surface area contributed by atoms with E-state index in [0.717, 1.165) is 12.2 Å². The van der Waals surface area contributed by atoms with Crippen LogP contribution in [-0.2, 0) is 11.2 Å². The third kappa shape index (κ3) is 3.29. The Morgan fingerprint density at radius 3 is 2.67 bits per heavy atom. The van der Waals surface area contributed by atoms with Crippen LogP contribution in [0, 0.1) is 5.41 Å². The van der Waals surface area contributed by atoms with Gasteiger partial charge in [0.25, 0.3) is 0 Å². The van der Waals surface area contributed by atoms with E-state index in [1.54, 1.807) is 4.68 Å². The molecule has 0 saturated carbocycles. The molecular weight excluding hydrogens is 272 g/mol. The van der Waals surface area contributed by atoms with Gasteiger partial charge in [0, 0.05) is 6.42 Å². The molecule has 2 aromatic rings. The number of furan rings is 1. The molecule has 0 saturated heterocycles. The van der Waals surface area contributed by atoms with E-state index in [1.807, 2.05) is 39.8 Å². The van der Waals surface area contributed by atoms with Crippen LogP contribution in [0.5, 0.6) is 0 Å². The average molecular weight is 292 g/mol. The number of hydrogen-bond acceptors (Lipinski definition) is 5. The second-order valence-corrected chi connectivity index (χ2v) is 6.05. The molecule has 0 fully saturated rings. The van der Waals surface area contributed by atoms with Gasteiger partial charge in [-0.15, -0.1) is 5.10 Å². The minimum Gasteiger partial charge on any atom is -0.481 e. The lowest BCUT2D eigenvalue weighted by molar-refractivity contribution is -0.138. The molecule has 2 aromatic heterocycles. The topological polar surface area (TPSA) is 94.0 Å². The minimum absolute atomic E-state index is 0.0527.